The summed E-state index contributed by atoms with van der Waals surface area (Å²) in [4.78, 5) is 2.47. The van der Waals surface area contributed by atoms with Gasteiger partial charge in [0.2, 0.25) is 0 Å². The molecule has 1 fully saturated rings. The number of morpholine rings is 1. The molecule has 118 valence electrons. The third kappa shape index (κ3) is 4.35. The molecule has 0 spiro atoms. The van der Waals surface area contributed by atoms with Crippen LogP contribution in [0.15, 0.2) is 18.2 Å². The first-order valence-electron chi connectivity index (χ1n) is 7.95. The van der Waals surface area contributed by atoms with Crippen LogP contribution in [0.25, 0.3) is 0 Å². The summed E-state index contributed by atoms with van der Waals surface area (Å²) in [5.74, 6) is 0.761. The SMILES string of the molecule is CCCCC[C@@H](c1ccc(OC)c(O)c1)N1CCOCC1. The summed E-state index contributed by atoms with van der Waals surface area (Å²) < 4.78 is 10.6. The molecule has 0 unspecified atom stereocenters. The van der Waals surface area contributed by atoms with Gasteiger partial charge < -0.3 is 14.6 Å². The first-order chi connectivity index (χ1) is 10.3. The zero-order chi connectivity index (χ0) is 15.1. The maximum absolute atomic E-state index is 10.0. The molecule has 1 saturated heterocycles. The number of ether oxygens (including phenoxy) is 2. The van der Waals surface area contributed by atoms with E-state index in [-0.39, 0.29) is 5.75 Å². The predicted molar refractivity (Wildman–Crippen MR) is 83.9 cm³/mol. The summed E-state index contributed by atoms with van der Waals surface area (Å²) in [7, 11) is 1.58. The molecular weight excluding hydrogens is 266 g/mol. The minimum absolute atomic E-state index is 0.226. The molecule has 1 N–H and O–H groups in total. The number of hydrogen-bond acceptors (Lipinski definition) is 4. The molecule has 21 heavy (non-hydrogen) atoms. The molecule has 0 aromatic heterocycles. The summed E-state index contributed by atoms with van der Waals surface area (Å²) in [6, 6.07) is 6.14. The van der Waals surface area contributed by atoms with Crippen LogP contribution >= 0.6 is 0 Å². The molecule has 4 nitrogen and oxygen atoms in total. The number of methoxy groups -OCH3 is 1. The molecule has 0 saturated carbocycles. The quantitative estimate of drug-likeness (QED) is 0.783. The number of benzene rings is 1. The number of phenolic OH excluding ortho intramolecular Hbond substituents is 1. The number of unbranched alkanes of at least 4 members (excludes halogenated alkanes) is 2. The van der Waals surface area contributed by atoms with E-state index in [1.165, 1.54) is 24.8 Å². The molecule has 0 bridgehead atoms. The van der Waals surface area contributed by atoms with E-state index < -0.39 is 0 Å². The Kier molecular flexibility index (Phi) is 6.33. The molecule has 0 amide bonds. The fourth-order valence-corrected chi connectivity index (χ4v) is 2.95. The van der Waals surface area contributed by atoms with Gasteiger partial charge in [0.05, 0.1) is 20.3 Å². The van der Waals surface area contributed by atoms with E-state index in [0.717, 1.165) is 32.7 Å². The van der Waals surface area contributed by atoms with Crippen molar-refractivity contribution in [3.8, 4) is 11.5 Å². The van der Waals surface area contributed by atoms with Crippen molar-refractivity contribution in [3.63, 3.8) is 0 Å². The third-order valence-corrected chi connectivity index (χ3v) is 4.16. The number of aromatic hydroxyl groups is 1. The van der Waals surface area contributed by atoms with Crippen LogP contribution in [-0.4, -0.2) is 43.4 Å². The van der Waals surface area contributed by atoms with Gasteiger partial charge in [0.25, 0.3) is 0 Å². The Hall–Kier alpha value is -1.26. The normalized spacial score (nSPS) is 17.6. The lowest BCUT2D eigenvalue weighted by Crippen LogP contribution is -2.39. The van der Waals surface area contributed by atoms with Gasteiger partial charge in [-0.2, -0.15) is 0 Å². The first kappa shape index (κ1) is 16.1. The van der Waals surface area contributed by atoms with E-state index in [4.69, 9.17) is 9.47 Å². The van der Waals surface area contributed by atoms with E-state index in [2.05, 4.69) is 17.9 Å². The summed E-state index contributed by atoms with van der Waals surface area (Å²) in [6.45, 7) is 5.74. The minimum atomic E-state index is 0.226. The lowest BCUT2D eigenvalue weighted by Gasteiger charge is -2.35. The maximum Gasteiger partial charge on any atom is 0.160 e. The predicted octanol–water partition coefficient (Wildman–Crippen LogP) is 3.35. The second kappa shape index (κ2) is 8.25. The standard InChI is InChI=1S/C17H27NO3/c1-3-4-5-6-15(18-9-11-21-12-10-18)14-7-8-17(20-2)16(19)13-14/h7-8,13,15,19H,3-6,9-12H2,1-2H3/t15-/m0/s1. The average Bonchev–Trinajstić information content (AvgIpc) is 2.52. The second-order valence-electron chi connectivity index (χ2n) is 5.59. The summed E-state index contributed by atoms with van der Waals surface area (Å²) in [5.41, 5.74) is 1.17. The van der Waals surface area contributed by atoms with Gasteiger partial charge in [-0.05, 0) is 24.1 Å². The van der Waals surface area contributed by atoms with Crippen molar-refractivity contribution in [1.29, 1.82) is 0 Å². The van der Waals surface area contributed by atoms with Crippen LogP contribution in [0.5, 0.6) is 11.5 Å². The topological polar surface area (TPSA) is 41.9 Å². The maximum atomic E-state index is 10.0. The Morgan fingerprint density at radius 2 is 2.05 bits per heavy atom. The number of nitrogens with zero attached hydrogens (tertiary/aromatic N) is 1. The minimum Gasteiger partial charge on any atom is -0.504 e. The lowest BCUT2D eigenvalue weighted by atomic mass is 9.98. The Balaban J connectivity index is 2.14. The highest BCUT2D eigenvalue weighted by atomic mass is 16.5. The zero-order valence-corrected chi connectivity index (χ0v) is 13.2. The van der Waals surface area contributed by atoms with E-state index in [9.17, 15) is 5.11 Å². The van der Waals surface area contributed by atoms with E-state index >= 15 is 0 Å². The molecule has 1 aliphatic heterocycles. The van der Waals surface area contributed by atoms with Crippen LogP contribution in [0.4, 0.5) is 0 Å². The van der Waals surface area contributed by atoms with E-state index in [1.54, 1.807) is 7.11 Å². The summed E-state index contributed by atoms with van der Waals surface area (Å²) >= 11 is 0. The third-order valence-electron chi connectivity index (χ3n) is 4.16. The molecule has 1 aromatic rings. The van der Waals surface area contributed by atoms with Crippen molar-refractivity contribution in [2.75, 3.05) is 33.4 Å². The van der Waals surface area contributed by atoms with Gasteiger partial charge in [0, 0.05) is 19.1 Å². The molecular formula is C17H27NO3. The van der Waals surface area contributed by atoms with Crippen molar-refractivity contribution in [2.45, 2.75) is 38.6 Å². The van der Waals surface area contributed by atoms with Crippen LogP contribution in [0.2, 0.25) is 0 Å². The zero-order valence-electron chi connectivity index (χ0n) is 13.2. The van der Waals surface area contributed by atoms with Crippen LogP contribution in [0.1, 0.15) is 44.2 Å². The Morgan fingerprint density at radius 1 is 1.29 bits per heavy atom. The first-order valence-corrected chi connectivity index (χ1v) is 7.95. The highest BCUT2D eigenvalue weighted by Gasteiger charge is 2.23. The van der Waals surface area contributed by atoms with E-state index in [0.29, 0.717) is 11.8 Å². The van der Waals surface area contributed by atoms with Crippen LogP contribution in [0, 0.1) is 0 Å². The van der Waals surface area contributed by atoms with Gasteiger partial charge in [-0.1, -0.05) is 32.3 Å². The van der Waals surface area contributed by atoms with Gasteiger partial charge in [-0.25, -0.2) is 0 Å². The van der Waals surface area contributed by atoms with Crippen molar-refractivity contribution >= 4 is 0 Å². The molecule has 1 aromatic carbocycles. The van der Waals surface area contributed by atoms with Crippen molar-refractivity contribution in [3.05, 3.63) is 23.8 Å². The Morgan fingerprint density at radius 3 is 2.67 bits per heavy atom. The second-order valence-corrected chi connectivity index (χ2v) is 5.59. The van der Waals surface area contributed by atoms with E-state index in [1.807, 2.05) is 12.1 Å². The average molecular weight is 293 g/mol. The molecule has 4 heteroatoms. The Labute approximate surface area is 127 Å². The van der Waals surface area contributed by atoms with Gasteiger partial charge in [0.1, 0.15) is 0 Å². The van der Waals surface area contributed by atoms with Gasteiger partial charge in [0.15, 0.2) is 11.5 Å². The molecule has 0 radical (unpaired) electrons. The fraction of sp³-hybridized carbons (Fsp3) is 0.647. The van der Waals surface area contributed by atoms with Crippen molar-refractivity contribution < 1.29 is 14.6 Å². The highest BCUT2D eigenvalue weighted by Crippen LogP contribution is 2.33. The number of hydrogen-bond donors (Lipinski definition) is 1. The molecule has 1 atom stereocenters. The van der Waals surface area contributed by atoms with Crippen molar-refractivity contribution in [2.24, 2.45) is 0 Å². The van der Waals surface area contributed by atoms with Crippen LogP contribution in [0.3, 0.4) is 0 Å². The number of phenols is 1. The molecule has 1 aliphatic rings. The lowest BCUT2D eigenvalue weighted by molar-refractivity contribution is 0.0136. The molecule has 1 heterocycles. The van der Waals surface area contributed by atoms with Gasteiger partial charge in [-0.3, -0.25) is 4.90 Å². The highest BCUT2D eigenvalue weighted by molar-refractivity contribution is 5.42. The van der Waals surface area contributed by atoms with Gasteiger partial charge >= 0.3 is 0 Å². The monoisotopic (exact) mass is 293 g/mol. The summed E-state index contributed by atoms with van der Waals surface area (Å²) in [5, 5.41) is 10.0. The van der Waals surface area contributed by atoms with Gasteiger partial charge in [-0.15, -0.1) is 0 Å². The number of rotatable bonds is 7. The van der Waals surface area contributed by atoms with Crippen LogP contribution < -0.4 is 4.74 Å². The smallest absolute Gasteiger partial charge is 0.160 e. The van der Waals surface area contributed by atoms with Crippen molar-refractivity contribution in [1.82, 2.24) is 4.90 Å². The largest absolute Gasteiger partial charge is 0.504 e. The molecule has 2 rings (SSSR count). The van der Waals surface area contributed by atoms with Crippen LogP contribution in [-0.2, 0) is 4.74 Å². The fourth-order valence-electron chi connectivity index (χ4n) is 2.95. The Bertz CT molecular complexity index is 430. The molecule has 0 aliphatic carbocycles. The summed E-state index contributed by atoms with van der Waals surface area (Å²) in [6.07, 6.45) is 4.82.